The van der Waals surface area contributed by atoms with Gasteiger partial charge in [0, 0.05) is 31.9 Å². The van der Waals surface area contributed by atoms with E-state index in [0.29, 0.717) is 11.0 Å². The van der Waals surface area contributed by atoms with Gasteiger partial charge in [-0.25, -0.2) is 8.78 Å². The Morgan fingerprint density at radius 3 is 1.64 bits per heavy atom. The van der Waals surface area contributed by atoms with E-state index >= 15 is 0 Å². The van der Waals surface area contributed by atoms with Gasteiger partial charge in [0.25, 0.3) is 0 Å². The van der Waals surface area contributed by atoms with E-state index in [1.54, 1.807) is 0 Å². The van der Waals surface area contributed by atoms with Crippen LogP contribution in [0.25, 0.3) is 0 Å². The van der Waals surface area contributed by atoms with Crippen molar-refractivity contribution in [2.75, 3.05) is 31.5 Å². The minimum atomic E-state index is -0.265. The molecular formula is C27H29F2N3S. The minimum Gasteiger partial charge on any atom is -0.346 e. The van der Waals surface area contributed by atoms with Crippen molar-refractivity contribution in [1.29, 1.82) is 0 Å². The lowest BCUT2D eigenvalue weighted by molar-refractivity contribution is 0.151. The fourth-order valence-corrected chi connectivity index (χ4v) is 4.54. The third-order valence-electron chi connectivity index (χ3n) is 6.17. The minimum absolute atomic E-state index is 0.0709. The normalized spacial score (nSPS) is 14.7. The van der Waals surface area contributed by atoms with Gasteiger partial charge in [-0.1, -0.05) is 50.2 Å². The number of halogens is 2. The monoisotopic (exact) mass is 465 g/mol. The average molecular weight is 466 g/mol. The highest BCUT2D eigenvalue weighted by Crippen LogP contribution is 2.30. The summed E-state index contributed by atoms with van der Waals surface area (Å²) in [5.74, 6) is -0.0345. The van der Waals surface area contributed by atoms with Crippen LogP contribution in [-0.4, -0.2) is 41.1 Å². The third-order valence-corrected chi connectivity index (χ3v) is 6.53. The first-order chi connectivity index (χ1) is 15.9. The van der Waals surface area contributed by atoms with Crippen LogP contribution in [0, 0.1) is 11.6 Å². The van der Waals surface area contributed by atoms with E-state index in [4.69, 9.17) is 12.2 Å². The van der Waals surface area contributed by atoms with Crippen LogP contribution in [0.1, 0.15) is 42.5 Å². The molecule has 1 N–H and O–H groups in total. The van der Waals surface area contributed by atoms with Gasteiger partial charge in [0.2, 0.25) is 0 Å². The molecule has 1 heterocycles. The lowest BCUT2D eigenvalue weighted by atomic mass is 9.96. The molecule has 0 atom stereocenters. The SMILES string of the molecule is CC(C)c1ccc(NC(=S)N2CCN(C(c3ccc(F)cc3)c3ccc(F)cc3)CC2)cc1. The van der Waals surface area contributed by atoms with Crippen LogP contribution in [0.5, 0.6) is 0 Å². The number of anilines is 1. The first-order valence-electron chi connectivity index (χ1n) is 11.3. The van der Waals surface area contributed by atoms with E-state index in [9.17, 15) is 8.78 Å². The molecule has 0 bridgehead atoms. The van der Waals surface area contributed by atoms with Crippen LogP contribution in [0.4, 0.5) is 14.5 Å². The van der Waals surface area contributed by atoms with E-state index in [1.165, 1.54) is 29.8 Å². The summed E-state index contributed by atoms with van der Waals surface area (Å²) < 4.78 is 27.1. The molecule has 0 saturated carbocycles. The molecule has 1 saturated heterocycles. The summed E-state index contributed by atoms with van der Waals surface area (Å²) in [5.41, 5.74) is 4.26. The van der Waals surface area contributed by atoms with E-state index in [2.05, 4.69) is 53.2 Å². The second-order valence-electron chi connectivity index (χ2n) is 8.74. The Balaban J connectivity index is 1.44. The first kappa shape index (κ1) is 23.3. The number of nitrogens with one attached hydrogen (secondary N) is 1. The Bertz CT molecular complexity index is 1010. The molecule has 0 unspecified atom stereocenters. The van der Waals surface area contributed by atoms with Gasteiger partial charge in [-0.15, -0.1) is 0 Å². The standard InChI is InChI=1S/C27H29F2N3S/c1-19(2)20-7-13-25(14-8-20)30-27(33)32-17-15-31(16-18-32)26(21-3-9-23(28)10-4-21)22-5-11-24(29)12-6-22/h3-14,19,26H,15-18H2,1-2H3,(H,30,33). The zero-order valence-corrected chi connectivity index (χ0v) is 19.8. The molecule has 0 amide bonds. The van der Waals surface area contributed by atoms with E-state index in [-0.39, 0.29) is 17.7 Å². The number of hydrogen-bond acceptors (Lipinski definition) is 2. The molecule has 33 heavy (non-hydrogen) atoms. The van der Waals surface area contributed by atoms with Crippen molar-refractivity contribution in [3.63, 3.8) is 0 Å². The van der Waals surface area contributed by atoms with Crippen LogP contribution in [0.3, 0.4) is 0 Å². The number of benzene rings is 3. The van der Waals surface area contributed by atoms with Gasteiger partial charge in [-0.05, 0) is 71.2 Å². The van der Waals surface area contributed by atoms with E-state index in [1.807, 2.05) is 24.3 Å². The van der Waals surface area contributed by atoms with Crippen molar-refractivity contribution in [3.05, 3.63) is 101 Å². The zero-order chi connectivity index (χ0) is 23.4. The second kappa shape index (κ2) is 10.4. The van der Waals surface area contributed by atoms with Crippen LogP contribution >= 0.6 is 12.2 Å². The van der Waals surface area contributed by atoms with Crippen molar-refractivity contribution in [1.82, 2.24) is 9.80 Å². The van der Waals surface area contributed by atoms with E-state index < -0.39 is 0 Å². The molecule has 1 aliphatic rings. The Morgan fingerprint density at radius 2 is 1.18 bits per heavy atom. The maximum atomic E-state index is 13.5. The Hall–Kier alpha value is -2.83. The largest absolute Gasteiger partial charge is 0.346 e. The number of piperazine rings is 1. The lowest BCUT2D eigenvalue weighted by Gasteiger charge is -2.40. The van der Waals surface area contributed by atoms with Crippen molar-refractivity contribution < 1.29 is 8.78 Å². The zero-order valence-electron chi connectivity index (χ0n) is 19.0. The second-order valence-corrected chi connectivity index (χ2v) is 9.12. The van der Waals surface area contributed by atoms with Crippen LogP contribution < -0.4 is 5.32 Å². The summed E-state index contributed by atoms with van der Waals surface area (Å²) in [4.78, 5) is 4.52. The number of thiocarbonyl (C=S) groups is 1. The van der Waals surface area contributed by atoms with Crippen molar-refractivity contribution in [3.8, 4) is 0 Å². The Kier molecular flexibility index (Phi) is 7.36. The highest BCUT2D eigenvalue weighted by atomic mass is 32.1. The predicted octanol–water partition coefficient (Wildman–Crippen LogP) is 6.19. The molecule has 0 spiro atoms. The Labute approximate surface area is 200 Å². The molecule has 0 aliphatic carbocycles. The molecule has 3 aromatic rings. The fraction of sp³-hybridized carbons (Fsp3) is 0.296. The molecule has 6 heteroatoms. The van der Waals surface area contributed by atoms with Gasteiger partial charge in [0.1, 0.15) is 11.6 Å². The summed E-state index contributed by atoms with van der Waals surface area (Å²) >= 11 is 5.67. The molecule has 1 fully saturated rings. The molecule has 1 aliphatic heterocycles. The lowest BCUT2D eigenvalue weighted by Crippen LogP contribution is -2.51. The van der Waals surface area contributed by atoms with Gasteiger partial charge in [-0.3, -0.25) is 4.90 Å². The number of nitrogens with zero attached hydrogens (tertiary/aromatic N) is 2. The van der Waals surface area contributed by atoms with Crippen molar-refractivity contribution >= 4 is 23.0 Å². The van der Waals surface area contributed by atoms with Gasteiger partial charge < -0.3 is 10.2 Å². The summed E-state index contributed by atoms with van der Waals surface area (Å²) in [6.07, 6.45) is 0. The molecule has 0 radical (unpaired) electrons. The van der Waals surface area contributed by atoms with Gasteiger partial charge in [-0.2, -0.15) is 0 Å². The molecule has 3 aromatic carbocycles. The maximum Gasteiger partial charge on any atom is 0.173 e. The van der Waals surface area contributed by atoms with Crippen LogP contribution in [0.15, 0.2) is 72.8 Å². The fourth-order valence-electron chi connectivity index (χ4n) is 4.24. The Morgan fingerprint density at radius 1 is 0.727 bits per heavy atom. The first-order valence-corrected chi connectivity index (χ1v) is 11.7. The molecular weight excluding hydrogens is 436 g/mol. The molecule has 4 rings (SSSR count). The summed E-state index contributed by atoms with van der Waals surface area (Å²) in [6, 6.07) is 21.5. The summed E-state index contributed by atoms with van der Waals surface area (Å²) in [6.45, 7) is 7.47. The number of hydrogen-bond donors (Lipinski definition) is 1. The smallest absolute Gasteiger partial charge is 0.173 e. The maximum absolute atomic E-state index is 13.5. The third kappa shape index (κ3) is 5.75. The van der Waals surface area contributed by atoms with Crippen LogP contribution in [0.2, 0.25) is 0 Å². The van der Waals surface area contributed by atoms with Gasteiger partial charge in [0.05, 0.1) is 6.04 Å². The summed E-state index contributed by atoms with van der Waals surface area (Å²) in [7, 11) is 0. The quantitative estimate of drug-likeness (QED) is 0.453. The van der Waals surface area contributed by atoms with E-state index in [0.717, 1.165) is 43.0 Å². The summed E-state index contributed by atoms with van der Waals surface area (Å²) in [5, 5.41) is 4.07. The van der Waals surface area contributed by atoms with Gasteiger partial charge >= 0.3 is 0 Å². The topological polar surface area (TPSA) is 18.5 Å². The van der Waals surface area contributed by atoms with Crippen molar-refractivity contribution in [2.45, 2.75) is 25.8 Å². The molecule has 3 nitrogen and oxygen atoms in total. The van der Waals surface area contributed by atoms with Crippen LogP contribution in [-0.2, 0) is 0 Å². The average Bonchev–Trinajstić information content (AvgIpc) is 2.82. The van der Waals surface area contributed by atoms with Crippen molar-refractivity contribution in [2.24, 2.45) is 0 Å². The number of rotatable bonds is 5. The molecule has 172 valence electrons. The highest BCUT2D eigenvalue weighted by Gasteiger charge is 2.27. The highest BCUT2D eigenvalue weighted by molar-refractivity contribution is 7.80. The predicted molar refractivity (Wildman–Crippen MR) is 135 cm³/mol. The molecule has 0 aromatic heterocycles. The van der Waals surface area contributed by atoms with Gasteiger partial charge in [0.15, 0.2) is 5.11 Å².